The Morgan fingerprint density at radius 3 is 1.92 bits per heavy atom. The summed E-state index contributed by atoms with van der Waals surface area (Å²) in [6.45, 7) is 10.0. The largest absolute Gasteiger partial charge is 0.470 e. The van der Waals surface area contributed by atoms with Gasteiger partial charge in [0.25, 0.3) is 0 Å². The van der Waals surface area contributed by atoms with E-state index in [2.05, 4.69) is 11.8 Å². The van der Waals surface area contributed by atoms with Crippen LogP contribution in [0.1, 0.15) is 34.6 Å². The first-order valence-corrected chi connectivity index (χ1v) is 4.64. The highest BCUT2D eigenvalue weighted by Gasteiger charge is 2.50. The van der Waals surface area contributed by atoms with E-state index in [9.17, 15) is 0 Å². The summed E-state index contributed by atoms with van der Waals surface area (Å²) in [6, 6.07) is 0. The third kappa shape index (κ3) is 2.07. The van der Waals surface area contributed by atoms with Crippen molar-refractivity contribution in [1.82, 2.24) is 0 Å². The molecule has 1 aliphatic rings. The van der Waals surface area contributed by atoms with Crippen molar-refractivity contribution in [3.63, 3.8) is 0 Å². The Morgan fingerprint density at radius 2 is 1.54 bits per heavy atom. The van der Waals surface area contributed by atoms with Gasteiger partial charge in [0.15, 0.2) is 0 Å². The molecule has 0 aliphatic carbocycles. The van der Waals surface area contributed by atoms with Crippen molar-refractivity contribution in [2.24, 2.45) is 0 Å². The average Bonchev–Trinajstić information content (AvgIpc) is 2.17. The standard InChI is InChI=1S/C10H17BO2/c1-6-7-8-11-12-9(2,3)10(4,5)13-11/h8H2,1-5H3. The quantitative estimate of drug-likeness (QED) is 0.454. The molecule has 0 unspecified atom stereocenters. The summed E-state index contributed by atoms with van der Waals surface area (Å²) in [4.78, 5) is 0. The third-order valence-corrected chi connectivity index (χ3v) is 2.75. The Labute approximate surface area is 81.1 Å². The van der Waals surface area contributed by atoms with Crippen molar-refractivity contribution in [2.75, 3.05) is 0 Å². The van der Waals surface area contributed by atoms with E-state index in [0.29, 0.717) is 6.32 Å². The minimum atomic E-state index is -0.229. The molecule has 0 bridgehead atoms. The van der Waals surface area contributed by atoms with Gasteiger partial charge in [-0.2, -0.15) is 0 Å². The molecule has 3 heteroatoms. The van der Waals surface area contributed by atoms with E-state index in [1.54, 1.807) is 0 Å². The Balaban J connectivity index is 2.63. The van der Waals surface area contributed by atoms with E-state index in [1.165, 1.54) is 0 Å². The highest BCUT2D eigenvalue weighted by Crippen LogP contribution is 2.37. The molecule has 0 spiro atoms. The van der Waals surface area contributed by atoms with Crippen molar-refractivity contribution in [2.45, 2.75) is 52.1 Å². The average molecular weight is 180 g/mol. The van der Waals surface area contributed by atoms with Gasteiger partial charge in [0.05, 0.1) is 11.2 Å². The summed E-state index contributed by atoms with van der Waals surface area (Å²) in [5, 5.41) is 0. The fraction of sp³-hybridized carbons (Fsp3) is 0.800. The lowest BCUT2D eigenvalue weighted by Gasteiger charge is -2.32. The van der Waals surface area contributed by atoms with Gasteiger partial charge in [0, 0.05) is 6.32 Å². The molecule has 0 atom stereocenters. The van der Waals surface area contributed by atoms with E-state index >= 15 is 0 Å². The molecule has 0 radical (unpaired) electrons. The van der Waals surface area contributed by atoms with Crippen LogP contribution in [-0.2, 0) is 9.31 Å². The molecule has 1 heterocycles. The molecule has 72 valence electrons. The second-order valence-corrected chi connectivity index (χ2v) is 4.32. The zero-order valence-corrected chi connectivity index (χ0v) is 9.10. The SMILES string of the molecule is CC#CCB1OC(C)(C)C(C)(C)O1. The van der Waals surface area contributed by atoms with Crippen molar-refractivity contribution in [3.8, 4) is 11.8 Å². The van der Waals surface area contributed by atoms with Crippen molar-refractivity contribution < 1.29 is 9.31 Å². The first-order valence-electron chi connectivity index (χ1n) is 4.64. The van der Waals surface area contributed by atoms with Gasteiger partial charge in [-0.3, -0.25) is 0 Å². The van der Waals surface area contributed by atoms with Gasteiger partial charge in [-0.25, -0.2) is 0 Å². The first-order chi connectivity index (χ1) is 5.89. The molecular formula is C10H17BO2. The lowest BCUT2D eigenvalue weighted by molar-refractivity contribution is 0.00578. The van der Waals surface area contributed by atoms with Crippen LogP contribution in [-0.4, -0.2) is 18.3 Å². The van der Waals surface area contributed by atoms with Crippen LogP contribution < -0.4 is 0 Å². The molecule has 0 aromatic carbocycles. The molecule has 0 saturated carbocycles. The molecule has 2 nitrogen and oxygen atoms in total. The van der Waals surface area contributed by atoms with Gasteiger partial charge in [0.2, 0.25) is 0 Å². The zero-order valence-electron chi connectivity index (χ0n) is 9.10. The van der Waals surface area contributed by atoms with E-state index in [1.807, 2.05) is 34.6 Å². The lowest BCUT2D eigenvalue weighted by Crippen LogP contribution is -2.41. The van der Waals surface area contributed by atoms with E-state index in [0.717, 1.165) is 0 Å². The number of hydrogen-bond acceptors (Lipinski definition) is 2. The number of rotatable bonds is 1. The van der Waals surface area contributed by atoms with Crippen molar-refractivity contribution >= 4 is 7.12 Å². The van der Waals surface area contributed by atoms with Gasteiger partial charge in [-0.1, -0.05) is 0 Å². The Hall–Kier alpha value is -0.455. The van der Waals surface area contributed by atoms with Crippen LogP contribution in [0.5, 0.6) is 0 Å². The normalized spacial score (nSPS) is 23.9. The predicted molar refractivity (Wildman–Crippen MR) is 54.3 cm³/mol. The molecule has 0 N–H and O–H groups in total. The minimum Gasteiger partial charge on any atom is -0.403 e. The number of hydrogen-bond donors (Lipinski definition) is 0. The highest BCUT2D eigenvalue weighted by atomic mass is 16.7. The van der Waals surface area contributed by atoms with Crippen molar-refractivity contribution in [1.29, 1.82) is 0 Å². The Morgan fingerprint density at radius 1 is 1.08 bits per heavy atom. The second kappa shape index (κ2) is 3.36. The molecule has 1 saturated heterocycles. The molecule has 0 amide bonds. The fourth-order valence-corrected chi connectivity index (χ4v) is 1.23. The first kappa shape index (κ1) is 10.6. The van der Waals surface area contributed by atoms with Gasteiger partial charge >= 0.3 is 7.12 Å². The van der Waals surface area contributed by atoms with E-state index < -0.39 is 0 Å². The minimum absolute atomic E-state index is 0.169. The predicted octanol–water partition coefficient (Wildman–Crippen LogP) is 2.10. The van der Waals surface area contributed by atoms with Crippen LogP contribution >= 0.6 is 0 Å². The smallest absolute Gasteiger partial charge is 0.403 e. The highest BCUT2D eigenvalue weighted by molar-refractivity contribution is 6.46. The van der Waals surface area contributed by atoms with E-state index in [-0.39, 0.29) is 18.3 Å². The molecule has 1 aliphatic heterocycles. The Bertz CT molecular complexity index is 231. The maximum Gasteiger partial charge on any atom is 0.470 e. The monoisotopic (exact) mass is 180 g/mol. The topological polar surface area (TPSA) is 18.5 Å². The second-order valence-electron chi connectivity index (χ2n) is 4.32. The van der Waals surface area contributed by atoms with Gasteiger partial charge in [0.1, 0.15) is 0 Å². The summed E-state index contributed by atoms with van der Waals surface area (Å²) in [6.07, 6.45) is 0.656. The van der Waals surface area contributed by atoms with Crippen LogP contribution in [0.4, 0.5) is 0 Å². The van der Waals surface area contributed by atoms with Crippen LogP contribution in [0.2, 0.25) is 6.32 Å². The zero-order chi connectivity index (χ0) is 10.1. The summed E-state index contributed by atoms with van der Waals surface area (Å²) < 4.78 is 11.5. The molecule has 1 rings (SSSR count). The molecule has 13 heavy (non-hydrogen) atoms. The maximum atomic E-state index is 5.74. The van der Waals surface area contributed by atoms with Crippen LogP contribution in [0.15, 0.2) is 0 Å². The molecule has 1 fully saturated rings. The summed E-state index contributed by atoms with van der Waals surface area (Å²) >= 11 is 0. The van der Waals surface area contributed by atoms with E-state index in [4.69, 9.17) is 9.31 Å². The maximum absolute atomic E-state index is 5.74. The van der Waals surface area contributed by atoms with Gasteiger partial charge in [-0.05, 0) is 34.6 Å². The summed E-state index contributed by atoms with van der Waals surface area (Å²) in [5.41, 5.74) is -0.458. The lowest BCUT2D eigenvalue weighted by atomic mass is 9.85. The molecular weight excluding hydrogens is 163 g/mol. The van der Waals surface area contributed by atoms with Crippen LogP contribution in [0.25, 0.3) is 0 Å². The fourth-order valence-electron chi connectivity index (χ4n) is 1.23. The van der Waals surface area contributed by atoms with Gasteiger partial charge < -0.3 is 9.31 Å². The van der Waals surface area contributed by atoms with Crippen LogP contribution in [0.3, 0.4) is 0 Å². The summed E-state index contributed by atoms with van der Waals surface area (Å²) in [5.74, 6) is 5.81. The van der Waals surface area contributed by atoms with Crippen molar-refractivity contribution in [3.05, 3.63) is 0 Å². The van der Waals surface area contributed by atoms with Gasteiger partial charge in [-0.15, -0.1) is 11.8 Å². The third-order valence-electron chi connectivity index (χ3n) is 2.75. The summed E-state index contributed by atoms with van der Waals surface area (Å²) in [7, 11) is -0.169. The Kier molecular flexibility index (Phi) is 2.75. The molecule has 0 aromatic heterocycles. The molecule has 0 aromatic rings. The van der Waals surface area contributed by atoms with Crippen LogP contribution in [0, 0.1) is 11.8 Å².